The van der Waals surface area contributed by atoms with E-state index in [1.165, 1.54) is 11.1 Å². The largest absolute Gasteiger partial charge is 0.444 e. The van der Waals surface area contributed by atoms with E-state index in [4.69, 9.17) is 15.2 Å². The molecule has 1 amide bonds. The molecule has 0 spiro atoms. The number of fused-ring (bicyclic) bond motifs is 1. The van der Waals surface area contributed by atoms with Crippen LogP contribution in [0.2, 0.25) is 0 Å². The summed E-state index contributed by atoms with van der Waals surface area (Å²) in [5.74, 6) is 0.470. The quantitative estimate of drug-likeness (QED) is 0.527. The smallest absolute Gasteiger partial charge is 0.410 e. The lowest BCUT2D eigenvalue weighted by Gasteiger charge is -2.31. The van der Waals surface area contributed by atoms with E-state index in [0.717, 1.165) is 46.5 Å². The minimum Gasteiger partial charge on any atom is -0.444 e. The number of nitrogen functional groups attached to an aromatic ring is 1. The van der Waals surface area contributed by atoms with Gasteiger partial charge in [-0.15, -0.1) is 11.3 Å². The standard InChI is InChI=1S/C26H30N4O3S/c1-26(2,3)33-25(31)30-8-4-5-22(30)19-12-17(11-16-6-9-32-15-21(16)19)18-13-20(23(27)29-14-18)24-28-7-10-34-24/h7,10-14,22H,4-6,8-9,15H2,1-3H3,(H2,27,29)/t22-/m0/s1. The number of nitrogens with zero attached hydrogens (tertiary/aromatic N) is 3. The molecule has 0 unspecified atom stereocenters. The molecule has 34 heavy (non-hydrogen) atoms. The average Bonchev–Trinajstić information content (AvgIpc) is 3.50. The van der Waals surface area contributed by atoms with Gasteiger partial charge >= 0.3 is 6.09 Å². The maximum absolute atomic E-state index is 13.0. The van der Waals surface area contributed by atoms with Gasteiger partial charge in [-0.25, -0.2) is 14.8 Å². The van der Waals surface area contributed by atoms with E-state index >= 15 is 0 Å². The zero-order chi connectivity index (χ0) is 23.9. The normalized spacial score (nSPS) is 18.1. The summed E-state index contributed by atoms with van der Waals surface area (Å²) in [7, 11) is 0. The Morgan fingerprint density at radius 2 is 2.09 bits per heavy atom. The highest BCUT2D eigenvalue weighted by Crippen LogP contribution is 2.40. The maximum Gasteiger partial charge on any atom is 0.410 e. The van der Waals surface area contributed by atoms with Crippen molar-refractivity contribution in [2.24, 2.45) is 0 Å². The Morgan fingerprint density at radius 3 is 2.85 bits per heavy atom. The second-order valence-corrected chi connectivity index (χ2v) is 10.7. The Morgan fingerprint density at radius 1 is 1.24 bits per heavy atom. The summed E-state index contributed by atoms with van der Waals surface area (Å²) >= 11 is 1.54. The van der Waals surface area contributed by atoms with Crippen LogP contribution in [-0.2, 0) is 22.5 Å². The van der Waals surface area contributed by atoms with Crippen LogP contribution < -0.4 is 5.73 Å². The highest BCUT2D eigenvalue weighted by atomic mass is 32.1. The fourth-order valence-corrected chi connectivity index (χ4v) is 5.43. The molecule has 8 heteroatoms. The maximum atomic E-state index is 13.0. The zero-order valence-electron chi connectivity index (χ0n) is 19.8. The lowest BCUT2D eigenvalue weighted by molar-refractivity contribution is 0.0221. The molecule has 1 aromatic carbocycles. The van der Waals surface area contributed by atoms with Crippen LogP contribution >= 0.6 is 11.3 Å². The molecule has 1 fully saturated rings. The fraction of sp³-hybridized carbons (Fsp3) is 0.423. The van der Waals surface area contributed by atoms with Crippen LogP contribution in [0.25, 0.3) is 21.7 Å². The second-order valence-electron chi connectivity index (χ2n) is 9.83. The van der Waals surface area contributed by atoms with Crippen molar-refractivity contribution in [3.63, 3.8) is 0 Å². The van der Waals surface area contributed by atoms with Crippen molar-refractivity contribution in [2.75, 3.05) is 18.9 Å². The fourth-order valence-electron chi connectivity index (χ4n) is 4.77. The van der Waals surface area contributed by atoms with Crippen molar-refractivity contribution in [3.05, 3.63) is 52.7 Å². The van der Waals surface area contributed by atoms with E-state index < -0.39 is 5.60 Å². The number of anilines is 1. The lowest BCUT2D eigenvalue weighted by Crippen LogP contribution is -2.36. The van der Waals surface area contributed by atoms with Crippen molar-refractivity contribution in [1.29, 1.82) is 0 Å². The number of ether oxygens (including phenoxy) is 2. The molecule has 2 aliphatic rings. The Kier molecular flexibility index (Phi) is 6.04. The highest BCUT2D eigenvalue weighted by Gasteiger charge is 2.35. The summed E-state index contributed by atoms with van der Waals surface area (Å²) in [6, 6.07) is 6.45. The summed E-state index contributed by atoms with van der Waals surface area (Å²) in [6.07, 6.45) is 6.02. The van der Waals surface area contributed by atoms with E-state index in [1.807, 2.05) is 37.2 Å². The van der Waals surface area contributed by atoms with Crippen molar-refractivity contribution >= 4 is 23.2 Å². The third-order valence-electron chi connectivity index (χ3n) is 6.29. The van der Waals surface area contributed by atoms with E-state index in [9.17, 15) is 4.79 Å². The number of carbonyl (C=O) groups is 1. The summed E-state index contributed by atoms with van der Waals surface area (Å²) in [6.45, 7) is 7.66. The molecular weight excluding hydrogens is 448 g/mol. The first-order chi connectivity index (χ1) is 16.3. The second kappa shape index (κ2) is 9.00. The minimum atomic E-state index is -0.531. The van der Waals surface area contributed by atoms with Crippen molar-refractivity contribution in [2.45, 2.75) is 58.3 Å². The van der Waals surface area contributed by atoms with Crippen LogP contribution in [0, 0.1) is 0 Å². The number of likely N-dealkylation sites (tertiary alicyclic amines) is 1. The summed E-state index contributed by atoms with van der Waals surface area (Å²) in [5.41, 5.74) is 12.1. The number of nitrogens with two attached hydrogens (primary N) is 1. The molecule has 2 aromatic heterocycles. The Balaban J connectivity index is 1.57. The molecule has 5 rings (SSSR count). The van der Waals surface area contributed by atoms with Crippen LogP contribution in [0.15, 0.2) is 36.0 Å². The monoisotopic (exact) mass is 478 g/mol. The SMILES string of the molecule is CC(C)(C)OC(=O)N1CCC[C@H]1c1cc(-c2cnc(N)c(-c3nccs3)c2)cc2c1COCC2. The molecule has 1 saturated heterocycles. The third-order valence-corrected chi connectivity index (χ3v) is 7.10. The summed E-state index contributed by atoms with van der Waals surface area (Å²) in [4.78, 5) is 23.8. The lowest BCUT2D eigenvalue weighted by atomic mass is 9.88. The number of hydrogen-bond acceptors (Lipinski definition) is 7. The molecule has 0 bridgehead atoms. The molecule has 0 saturated carbocycles. The van der Waals surface area contributed by atoms with Crippen molar-refractivity contribution in [3.8, 4) is 21.7 Å². The van der Waals surface area contributed by atoms with Gasteiger partial charge < -0.3 is 20.1 Å². The molecule has 3 aromatic rings. The Hall–Kier alpha value is -2.97. The molecule has 0 aliphatic carbocycles. The van der Waals surface area contributed by atoms with Crippen LogP contribution in [-0.4, -0.2) is 39.7 Å². The van der Waals surface area contributed by atoms with E-state index in [1.54, 1.807) is 17.5 Å². The molecule has 0 radical (unpaired) electrons. The Bertz CT molecular complexity index is 1200. The molecule has 2 N–H and O–H groups in total. The van der Waals surface area contributed by atoms with Gasteiger partial charge in [0.15, 0.2) is 0 Å². The highest BCUT2D eigenvalue weighted by molar-refractivity contribution is 7.13. The van der Waals surface area contributed by atoms with Gasteiger partial charge in [-0.2, -0.15) is 0 Å². The van der Waals surface area contributed by atoms with Crippen LogP contribution in [0.5, 0.6) is 0 Å². The summed E-state index contributed by atoms with van der Waals surface area (Å²) in [5, 5.41) is 2.79. The number of rotatable bonds is 3. The van der Waals surface area contributed by atoms with Crippen LogP contribution in [0.1, 0.15) is 56.3 Å². The van der Waals surface area contributed by atoms with Crippen LogP contribution in [0.3, 0.4) is 0 Å². The molecule has 7 nitrogen and oxygen atoms in total. The van der Waals surface area contributed by atoms with Gasteiger partial charge in [0.2, 0.25) is 0 Å². The zero-order valence-corrected chi connectivity index (χ0v) is 20.7. The number of thiazole rings is 1. The first kappa shape index (κ1) is 22.8. The topological polar surface area (TPSA) is 90.6 Å². The predicted molar refractivity (Wildman–Crippen MR) is 133 cm³/mol. The van der Waals surface area contributed by atoms with Crippen molar-refractivity contribution in [1.82, 2.24) is 14.9 Å². The Labute approximate surface area is 203 Å². The van der Waals surface area contributed by atoms with Gasteiger partial charge in [0.1, 0.15) is 16.4 Å². The van der Waals surface area contributed by atoms with Crippen LogP contribution in [0.4, 0.5) is 10.6 Å². The molecular formula is C26H30N4O3S. The number of amides is 1. The number of hydrogen-bond donors (Lipinski definition) is 1. The van der Waals surface area contributed by atoms with Gasteiger partial charge in [-0.3, -0.25) is 0 Å². The average molecular weight is 479 g/mol. The van der Waals surface area contributed by atoms with E-state index in [-0.39, 0.29) is 12.1 Å². The molecule has 2 aliphatic heterocycles. The molecule has 4 heterocycles. The molecule has 1 atom stereocenters. The third kappa shape index (κ3) is 4.52. The summed E-state index contributed by atoms with van der Waals surface area (Å²) < 4.78 is 11.6. The minimum absolute atomic E-state index is 0.0366. The first-order valence-corrected chi connectivity index (χ1v) is 12.6. The number of pyridine rings is 1. The number of carbonyl (C=O) groups excluding carboxylic acids is 1. The predicted octanol–water partition coefficient (Wildman–Crippen LogP) is 5.60. The van der Waals surface area contributed by atoms with E-state index in [2.05, 4.69) is 28.2 Å². The van der Waals surface area contributed by atoms with Gasteiger partial charge in [-0.05, 0) is 74.4 Å². The van der Waals surface area contributed by atoms with Gasteiger partial charge in [0, 0.05) is 29.9 Å². The number of benzene rings is 1. The van der Waals surface area contributed by atoms with Crippen molar-refractivity contribution < 1.29 is 14.3 Å². The molecule has 178 valence electrons. The van der Waals surface area contributed by atoms with Gasteiger partial charge in [0.05, 0.1) is 24.8 Å². The van der Waals surface area contributed by atoms with E-state index in [0.29, 0.717) is 25.6 Å². The van der Waals surface area contributed by atoms with Gasteiger partial charge in [-0.1, -0.05) is 6.07 Å². The van der Waals surface area contributed by atoms with Gasteiger partial charge in [0.25, 0.3) is 0 Å². The number of aromatic nitrogens is 2. The first-order valence-electron chi connectivity index (χ1n) is 11.7.